The van der Waals surface area contributed by atoms with Gasteiger partial charge in [0.2, 0.25) is 0 Å². The van der Waals surface area contributed by atoms with Gasteiger partial charge in [0.05, 0.1) is 11.7 Å². The first-order valence-electron chi connectivity index (χ1n) is 12.1. The van der Waals surface area contributed by atoms with E-state index < -0.39 is 5.60 Å². The van der Waals surface area contributed by atoms with E-state index >= 15 is 0 Å². The Balaban J connectivity index is 1.68. The van der Waals surface area contributed by atoms with Gasteiger partial charge in [0, 0.05) is 0 Å². The molecule has 0 aliphatic heterocycles. The molecule has 3 rings (SSSR count). The molecule has 0 bridgehead atoms. The predicted octanol–water partition coefficient (Wildman–Crippen LogP) is 6.73. The summed E-state index contributed by atoms with van der Waals surface area (Å²) in [5, 5.41) is 20.1. The highest BCUT2D eigenvalue weighted by atomic mass is 16.3. The first-order valence-corrected chi connectivity index (χ1v) is 12.1. The minimum atomic E-state index is -0.535. The molecule has 3 fully saturated rings. The number of hydrogen-bond acceptors (Lipinski definition) is 2. The molecular formula is C27H44O2. The number of allylic oxidation sites excluding steroid dienone is 4. The fourth-order valence-electron chi connectivity index (χ4n) is 6.67. The van der Waals surface area contributed by atoms with Crippen LogP contribution in [0.5, 0.6) is 0 Å². The van der Waals surface area contributed by atoms with Crippen LogP contribution in [0, 0.1) is 23.2 Å². The Morgan fingerprint density at radius 2 is 1.97 bits per heavy atom. The SMILES string of the molecule is C=C1CCC(O)C/C1=C/C=C1\CCCC2(C)C1CCC2C(C)CCCC(C)(C)O. The average molecular weight is 401 g/mol. The molecule has 0 aromatic rings. The molecular weight excluding hydrogens is 356 g/mol. The van der Waals surface area contributed by atoms with Crippen LogP contribution in [-0.4, -0.2) is 21.9 Å². The largest absolute Gasteiger partial charge is 0.393 e. The minimum Gasteiger partial charge on any atom is -0.393 e. The number of rotatable bonds is 6. The predicted molar refractivity (Wildman–Crippen MR) is 123 cm³/mol. The molecule has 3 aliphatic carbocycles. The third kappa shape index (κ3) is 5.44. The molecule has 0 aromatic heterocycles. The fourth-order valence-corrected chi connectivity index (χ4v) is 6.67. The first-order chi connectivity index (χ1) is 13.6. The van der Waals surface area contributed by atoms with Gasteiger partial charge in [-0.2, -0.15) is 0 Å². The van der Waals surface area contributed by atoms with Gasteiger partial charge >= 0.3 is 0 Å². The van der Waals surface area contributed by atoms with E-state index in [1.807, 2.05) is 13.8 Å². The van der Waals surface area contributed by atoms with Crippen LogP contribution in [0.3, 0.4) is 0 Å². The van der Waals surface area contributed by atoms with Crippen LogP contribution in [0.4, 0.5) is 0 Å². The summed E-state index contributed by atoms with van der Waals surface area (Å²) in [4.78, 5) is 0. The fraction of sp³-hybridized carbons (Fsp3) is 0.778. The number of fused-ring (bicyclic) bond motifs is 1. The minimum absolute atomic E-state index is 0.192. The van der Waals surface area contributed by atoms with E-state index in [0.717, 1.165) is 49.9 Å². The normalized spacial score (nSPS) is 37.2. The summed E-state index contributed by atoms with van der Waals surface area (Å²) >= 11 is 0. The molecule has 0 aromatic carbocycles. The lowest BCUT2D eigenvalue weighted by atomic mass is 9.60. The summed E-state index contributed by atoms with van der Waals surface area (Å²) in [6.07, 6.45) is 16.9. The van der Waals surface area contributed by atoms with Gasteiger partial charge < -0.3 is 10.2 Å². The Bertz CT molecular complexity index is 650. The summed E-state index contributed by atoms with van der Waals surface area (Å²) in [6.45, 7) is 13.1. The molecule has 0 radical (unpaired) electrons. The molecule has 0 amide bonds. The zero-order valence-electron chi connectivity index (χ0n) is 19.3. The van der Waals surface area contributed by atoms with Gasteiger partial charge in [-0.05, 0) is 100 Å². The van der Waals surface area contributed by atoms with Gasteiger partial charge in [-0.25, -0.2) is 0 Å². The van der Waals surface area contributed by atoms with E-state index in [0.29, 0.717) is 5.41 Å². The Hall–Kier alpha value is -0.860. The van der Waals surface area contributed by atoms with Crippen molar-refractivity contribution >= 4 is 0 Å². The van der Waals surface area contributed by atoms with Crippen molar-refractivity contribution in [2.24, 2.45) is 23.2 Å². The van der Waals surface area contributed by atoms with Gasteiger partial charge in [0.15, 0.2) is 0 Å². The summed E-state index contributed by atoms with van der Waals surface area (Å²) in [7, 11) is 0. The lowest BCUT2D eigenvalue weighted by Crippen LogP contribution is -2.36. The van der Waals surface area contributed by atoms with Crippen molar-refractivity contribution in [1.29, 1.82) is 0 Å². The molecule has 0 saturated heterocycles. The van der Waals surface area contributed by atoms with Crippen molar-refractivity contribution in [2.45, 2.75) is 110 Å². The van der Waals surface area contributed by atoms with E-state index in [9.17, 15) is 10.2 Å². The smallest absolute Gasteiger partial charge is 0.0591 e. The molecule has 0 spiro atoms. The number of aliphatic hydroxyl groups excluding tert-OH is 1. The van der Waals surface area contributed by atoms with Crippen LogP contribution < -0.4 is 0 Å². The third-order valence-corrected chi connectivity index (χ3v) is 8.36. The van der Waals surface area contributed by atoms with Crippen molar-refractivity contribution < 1.29 is 10.2 Å². The van der Waals surface area contributed by atoms with Crippen molar-refractivity contribution in [3.05, 3.63) is 35.5 Å². The maximum Gasteiger partial charge on any atom is 0.0591 e. The van der Waals surface area contributed by atoms with Crippen LogP contribution in [0.1, 0.15) is 98.3 Å². The first kappa shape index (κ1) is 22.8. The Morgan fingerprint density at radius 3 is 2.69 bits per heavy atom. The Labute approximate surface area is 179 Å². The highest BCUT2D eigenvalue weighted by Gasteiger charge is 2.50. The Morgan fingerprint density at radius 1 is 1.21 bits per heavy atom. The van der Waals surface area contributed by atoms with Gasteiger partial charge in [-0.1, -0.05) is 56.6 Å². The summed E-state index contributed by atoms with van der Waals surface area (Å²) in [6, 6.07) is 0. The molecule has 5 unspecified atom stereocenters. The molecule has 5 atom stereocenters. The Kier molecular flexibility index (Phi) is 7.16. The van der Waals surface area contributed by atoms with Crippen molar-refractivity contribution in [2.75, 3.05) is 0 Å². The lowest BCUT2D eigenvalue weighted by Gasteiger charge is -2.44. The van der Waals surface area contributed by atoms with Crippen molar-refractivity contribution in [1.82, 2.24) is 0 Å². The standard InChI is InChI=1S/C27H44O2/c1-19-10-13-23(28)18-22(19)12-11-21-9-7-17-27(5)24(14-15-25(21)27)20(2)8-6-16-26(3,4)29/h11-12,20,23-25,28-29H,1,6-10,13-18H2,2-5H3/b21-11+,22-12-. The van der Waals surface area contributed by atoms with E-state index in [1.54, 1.807) is 5.57 Å². The summed E-state index contributed by atoms with van der Waals surface area (Å²) in [5.74, 6) is 2.26. The van der Waals surface area contributed by atoms with E-state index in [2.05, 4.69) is 32.6 Å². The molecule has 164 valence electrons. The molecule has 3 saturated carbocycles. The molecule has 29 heavy (non-hydrogen) atoms. The van der Waals surface area contributed by atoms with Crippen molar-refractivity contribution in [3.8, 4) is 0 Å². The maximum absolute atomic E-state index is 10.0. The highest BCUT2D eigenvalue weighted by molar-refractivity contribution is 5.36. The van der Waals surface area contributed by atoms with Gasteiger partial charge in [-0.3, -0.25) is 0 Å². The zero-order valence-corrected chi connectivity index (χ0v) is 19.3. The quantitative estimate of drug-likeness (QED) is 0.518. The maximum atomic E-state index is 10.0. The van der Waals surface area contributed by atoms with Crippen LogP contribution >= 0.6 is 0 Å². The number of hydrogen-bond donors (Lipinski definition) is 2. The van der Waals surface area contributed by atoms with Crippen LogP contribution in [0.25, 0.3) is 0 Å². The van der Waals surface area contributed by atoms with Gasteiger partial charge in [0.25, 0.3) is 0 Å². The van der Waals surface area contributed by atoms with E-state index in [4.69, 9.17) is 0 Å². The third-order valence-electron chi connectivity index (χ3n) is 8.36. The lowest BCUT2D eigenvalue weighted by molar-refractivity contribution is 0.0596. The van der Waals surface area contributed by atoms with E-state index in [-0.39, 0.29) is 6.10 Å². The van der Waals surface area contributed by atoms with Gasteiger partial charge in [-0.15, -0.1) is 0 Å². The monoisotopic (exact) mass is 400 g/mol. The molecule has 2 heteroatoms. The second kappa shape index (κ2) is 9.10. The van der Waals surface area contributed by atoms with E-state index in [1.165, 1.54) is 49.7 Å². The topological polar surface area (TPSA) is 40.5 Å². The molecule has 3 aliphatic rings. The average Bonchev–Trinajstić information content (AvgIpc) is 2.99. The van der Waals surface area contributed by atoms with Crippen LogP contribution in [0.2, 0.25) is 0 Å². The van der Waals surface area contributed by atoms with Crippen LogP contribution in [-0.2, 0) is 0 Å². The summed E-state index contributed by atoms with van der Waals surface area (Å²) in [5.41, 5.74) is 4.02. The molecule has 2 N–H and O–H groups in total. The van der Waals surface area contributed by atoms with Crippen molar-refractivity contribution in [3.63, 3.8) is 0 Å². The second-order valence-corrected chi connectivity index (χ2v) is 11.2. The second-order valence-electron chi connectivity index (χ2n) is 11.2. The molecule has 2 nitrogen and oxygen atoms in total. The summed E-state index contributed by atoms with van der Waals surface area (Å²) < 4.78 is 0. The number of aliphatic hydroxyl groups is 2. The highest BCUT2D eigenvalue weighted by Crippen LogP contribution is 2.60. The molecule has 0 heterocycles. The van der Waals surface area contributed by atoms with Gasteiger partial charge in [0.1, 0.15) is 0 Å². The van der Waals surface area contributed by atoms with Crippen LogP contribution in [0.15, 0.2) is 35.5 Å². The zero-order chi connectivity index (χ0) is 21.2.